The van der Waals surface area contributed by atoms with E-state index in [1.165, 1.54) is 43.5 Å². The maximum atomic E-state index is 13.1. The van der Waals surface area contributed by atoms with Crippen LogP contribution in [0.2, 0.25) is 5.02 Å². The predicted octanol–water partition coefficient (Wildman–Crippen LogP) is 4.19. The number of nitrogens with one attached hydrogen (secondary N) is 2. The van der Waals surface area contributed by atoms with E-state index >= 15 is 0 Å². The van der Waals surface area contributed by atoms with Gasteiger partial charge in [0.2, 0.25) is 5.88 Å². The molecule has 0 aliphatic carbocycles. The van der Waals surface area contributed by atoms with E-state index in [2.05, 4.69) is 15.2 Å². The third-order valence-electron chi connectivity index (χ3n) is 5.23. The van der Waals surface area contributed by atoms with Crippen LogP contribution in [0.3, 0.4) is 0 Å². The van der Waals surface area contributed by atoms with Crippen LogP contribution in [-0.4, -0.2) is 32.5 Å². The third kappa shape index (κ3) is 4.57. The number of carbonyl (C=O) groups excluding carboxylic acids is 2. The van der Waals surface area contributed by atoms with Crippen LogP contribution in [0.1, 0.15) is 11.3 Å². The summed E-state index contributed by atoms with van der Waals surface area (Å²) < 4.78 is 37.9. The first-order chi connectivity index (χ1) is 16.5. The fraction of sp³-hybridized carbons (Fsp3) is 0.136. The summed E-state index contributed by atoms with van der Waals surface area (Å²) in [6.07, 6.45) is 0. The molecule has 35 heavy (non-hydrogen) atoms. The largest absolute Gasteiger partial charge is 0.495 e. The molecule has 0 bridgehead atoms. The number of nitrogens with zero attached hydrogens (tertiary/aromatic N) is 2. The average Bonchev–Trinajstić information content (AvgIpc) is 3.24. The molecule has 2 aromatic carbocycles. The summed E-state index contributed by atoms with van der Waals surface area (Å²) in [4.78, 5) is 26.6. The van der Waals surface area contributed by atoms with Gasteiger partial charge in [0.1, 0.15) is 16.5 Å². The van der Waals surface area contributed by atoms with E-state index in [1.807, 2.05) is 0 Å². The van der Waals surface area contributed by atoms with Crippen LogP contribution in [0.4, 0.5) is 17.3 Å². The van der Waals surface area contributed by atoms with E-state index in [0.29, 0.717) is 22.0 Å². The van der Waals surface area contributed by atoms with Crippen molar-refractivity contribution in [3.63, 3.8) is 0 Å². The average molecular weight is 537 g/mol. The Kier molecular flexibility index (Phi) is 6.50. The number of imide groups is 1. The van der Waals surface area contributed by atoms with E-state index in [0.717, 1.165) is 4.90 Å². The van der Waals surface area contributed by atoms with Crippen molar-refractivity contribution in [2.24, 2.45) is 0 Å². The molecule has 2 heterocycles. The first-order valence-electron chi connectivity index (χ1n) is 9.98. The van der Waals surface area contributed by atoms with Gasteiger partial charge in [-0.1, -0.05) is 28.4 Å². The SMILES string of the molecule is COc1ccc(Cl)cc1N1C(=O)C(Cl)=C(Nc2ccc(S(=O)(=O)Nc3onc(C)c3C)cc2)C1=O. The molecule has 2 N–H and O–H groups in total. The fourth-order valence-electron chi connectivity index (χ4n) is 3.22. The lowest BCUT2D eigenvalue weighted by Gasteiger charge is -2.18. The van der Waals surface area contributed by atoms with Gasteiger partial charge in [-0.25, -0.2) is 18.0 Å². The molecule has 1 aliphatic heterocycles. The number of benzene rings is 2. The van der Waals surface area contributed by atoms with Crippen LogP contribution in [-0.2, 0) is 19.6 Å². The van der Waals surface area contributed by atoms with E-state index in [1.54, 1.807) is 19.9 Å². The number of rotatable bonds is 7. The molecule has 13 heteroatoms. The molecule has 10 nitrogen and oxygen atoms in total. The van der Waals surface area contributed by atoms with E-state index in [4.69, 9.17) is 32.5 Å². The molecule has 0 spiro atoms. The van der Waals surface area contributed by atoms with Crippen molar-refractivity contribution in [3.8, 4) is 5.75 Å². The monoisotopic (exact) mass is 536 g/mol. The molecule has 1 aromatic heterocycles. The van der Waals surface area contributed by atoms with Crippen LogP contribution in [0.15, 0.2) is 62.6 Å². The first-order valence-corrected chi connectivity index (χ1v) is 12.2. The lowest BCUT2D eigenvalue weighted by molar-refractivity contribution is -0.120. The Hall–Kier alpha value is -3.54. The number of hydrogen-bond acceptors (Lipinski definition) is 8. The summed E-state index contributed by atoms with van der Waals surface area (Å²) in [5, 5.41) is 6.45. The van der Waals surface area contributed by atoms with Gasteiger partial charge in [-0.3, -0.25) is 9.59 Å². The number of aromatic nitrogens is 1. The number of ether oxygens (including phenoxy) is 1. The van der Waals surface area contributed by atoms with Gasteiger partial charge in [0.15, 0.2) is 0 Å². The molecule has 0 radical (unpaired) electrons. The lowest BCUT2D eigenvalue weighted by atomic mass is 10.2. The van der Waals surface area contributed by atoms with Crippen molar-refractivity contribution in [2.75, 3.05) is 22.0 Å². The molecule has 182 valence electrons. The topological polar surface area (TPSA) is 131 Å². The minimum Gasteiger partial charge on any atom is -0.495 e. The molecular weight excluding hydrogens is 519 g/mol. The summed E-state index contributed by atoms with van der Waals surface area (Å²) in [5.74, 6) is -1.22. The summed E-state index contributed by atoms with van der Waals surface area (Å²) in [7, 11) is -2.57. The number of sulfonamides is 1. The van der Waals surface area contributed by atoms with Crippen molar-refractivity contribution in [1.29, 1.82) is 0 Å². The highest BCUT2D eigenvalue weighted by Crippen LogP contribution is 2.37. The first kappa shape index (κ1) is 24.6. The van der Waals surface area contributed by atoms with Crippen molar-refractivity contribution < 1.29 is 27.3 Å². The Morgan fingerprint density at radius 1 is 1.03 bits per heavy atom. The second-order valence-corrected chi connectivity index (χ2v) is 9.92. The molecule has 4 rings (SSSR count). The zero-order valence-corrected chi connectivity index (χ0v) is 20.9. The maximum Gasteiger partial charge on any atom is 0.283 e. The van der Waals surface area contributed by atoms with Crippen LogP contribution < -0.4 is 19.7 Å². The minimum absolute atomic E-state index is 0.0215. The van der Waals surface area contributed by atoms with Gasteiger partial charge >= 0.3 is 0 Å². The lowest BCUT2D eigenvalue weighted by Crippen LogP contribution is -2.32. The van der Waals surface area contributed by atoms with E-state index in [9.17, 15) is 18.0 Å². The molecule has 0 saturated heterocycles. The number of carbonyl (C=O) groups is 2. The van der Waals surface area contributed by atoms with Crippen molar-refractivity contribution >= 4 is 62.3 Å². The Labute approximate surface area is 210 Å². The fourth-order valence-corrected chi connectivity index (χ4v) is 4.65. The predicted molar refractivity (Wildman–Crippen MR) is 130 cm³/mol. The molecule has 0 atom stereocenters. The van der Waals surface area contributed by atoms with Crippen molar-refractivity contribution in [3.05, 3.63) is 69.5 Å². The van der Waals surface area contributed by atoms with Crippen molar-refractivity contribution in [2.45, 2.75) is 18.7 Å². The summed E-state index contributed by atoms with van der Waals surface area (Å²) in [6.45, 7) is 3.37. The number of hydrogen-bond donors (Lipinski definition) is 2. The zero-order chi connectivity index (χ0) is 25.5. The number of anilines is 3. The Balaban J connectivity index is 1.56. The van der Waals surface area contributed by atoms with Gasteiger partial charge in [-0.2, -0.15) is 0 Å². The Morgan fingerprint density at radius 3 is 2.31 bits per heavy atom. The number of amides is 2. The maximum absolute atomic E-state index is 13.1. The second kappa shape index (κ2) is 9.25. The minimum atomic E-state index is -3.96. The molecule has 2 amide bonds. The smallest absolute Gasteiger partial charge is 0.283 e. The highest BCUT2D eigenvalue weighted by atomic mass is 35.5. The molecule has 0 saturated carbocycles. The Bertz CT molecular complexity index is 1480. The summed E-state index contributed by atoms with van der Waals surface area (Å²) in [6, 6.07) is 9.96. The van der Waals surface area contributed by atoms with Gasteiger partial charge in [0, 0.05) is 16.3 Å². The zero-order valence-electron chi connectivity index (χ0n) is 18.5. The molecule has 3 aromatic rings. The van der Waals surface area contributed by atoms with Gasteiger partial charge in [-0.15, -0.1) is 0 Å². The summed E-state index contributed by atoms with van der Waals surface area (Å²) in [5.41, 5.74) is 1.41. The van der Waals surface area contributed by atoms with Crippen LogP contribution >= 0.6 is 23.2 Å². The normalized spacial score (nSPS) is 14.0. The van der Waals surface area contributed by atoms with Gasteiger partial charge < -0.3 is 14.6 Å². The van der Waals surface area contributed by atoms with E-state index in [-0.39, 0.29) is 32.9 Å². The van der Waals surface area contributed by atoms with Crippen molar-refractivity contribution in [1.82, 2.24) is 5.16 Å². The number of halogens is 2. The molecule has 1 aliphatic rings. The van der Waals surface area contributed by atoms with Gasteiger partial charge in [0.25, 0.3) is 21.8 Å². The Morgan fingerprint density at radius 2 is 1.71 bits per heavy atom. The third-order valence-corrected chi connectivity index (χ3v) is 7.16. The standard InChI is InChI=1S/C22H18Cl2N4O6S/c1-11-12(2)26-34-20(11)27-35(31,32)15-7-5-14(6-8-15)25-19-18(24)21(29)28(22(19)30)16-10-13(23)4-9-17(16)33-3/h4-10,25,27H,1-3H3. The van der Waals surface area contributed by atoms with Crippen LogP contribution in [0, 0.1) is 13.8 Å². The van der Waals surface area contributed by atoms with Gasteiger partial charge in [-0.05, 0) is 56.3 Å². The quantitative estimate of drug-likeness (QED) is 0.429. The van der Waals surface area contributed by atoms with Crippen LogP contribution in [0.25, 0.3) is 0 Å². The highest BCUT2D eigenvalue weighted by Gasteiger charge is 2.40. The van der Waals surface area contributed by atoms with Crippen LogP contribution in [0.5, 0.6) is 5.75 Å². The molecular formula is C22H18Cl2N4O6S. The van der Waals surface area contributed by atoms with E-state index < -0.39 is 21.8 Å². The summed E-state index contributed by atoms with van der Waals surface area (Å²) >= 11 is 12.2. The molecule has 0 fully saturated rings. The number of aryl methyl sites for hydroxylation is 1. The second-order valence-electron chi connectivity index (χ2n) is 7.43. The molecule has 0 unspecified atom stereocenters. The highest BCUT2D eigenvalue weighted by molar-refractivity contribution is 7.92. The number of methoxy groups -OCH3 is 1. The van der Waals surface area contributed by atoms with Gasteiger partial charge in [0.05, 0.1) is 23.4 Å².